The summed E-state index contributed by atoms with van der Waals surface area (Å²) >= 11 is -0.106. The Kier molecular flexibility index (Phi) is 19.7. The summed E-state index contributed by atoms with van der Waals surface area (Å²) in [5.41, 5.74) is 4.64. The summed E-state index contributed by atoms with van der Waals surface area (Å²) in [6.07, 6.45) is 0. The van der Waals surface area contributed by atoms with Gasteiger partial charge in [-0.3, -0.25) is 19.6 Å². The molecule has 2 aliphatic heterocycles. The van der Waals surface area contributed by atoms with E-state index in [0.717, 1.165) is 121 Å². The molecule has 15 heteroatoms. The predicted molar refractivity (Wildman–Crippen MR) is 218 cm³/mol. The summed E-state index contributed by atoms with van der Waals surface area (Å²) in [6, 6.07) is 24.0. The van der Waals surface area contributed by atoms with E-state index in [2.05, 4.69) is 57.2 Å². The maximum absolute atomic E-state index is 5.39. The fraction of sp³-hybridized carbons (Fsp3) is 0.381. The zero-order valence-electron chi connectivity index (χ0n) is 33.7. The predicted octanol–water partition coefficient (Wildman–Crippen LogP) is 7.45. The molecule has 0 N–H and O–H groups in total. The molecule has 0 aliphatic carbocycles. The summed E-state index contributed by atoms with van der Waals surface area (Å²) in [6.45, 7) is 13.7. The van der Waals surface area contributed by atoms with E-state index in [1.54, 1.807) is 56.9 Å². The second-order valence-corrected chi connectivity index (χ2v) is 15.0. The first-order valence-corrected chi connectivity index (χ1v) is 21.9. The molecule has 0 aromatic heterocycles. The minimum absolute atomic E-state index is 0.106. The first-order chi connectivity index (χ1) is 27.7. The summed E-state index contributed by atoms with van der Waals surface area (Å²) in [4.78, 5) is 8.73. The SMILES string of the molecule is COc1ccc(CN2[C]N(Cc3ccc(OC)c(OC)c3)CC2)cc1OC.COc1ccc(CN2[C]N(Cc3ccc(OC)c(OC)c3)CC2)cc1OC.[Cl][Pd][Cl]. The van der Waals surface area contributed by atoms with Crippen molar-refractivity contribution in [1.29, 1.82) is 0 Å². The van der Waals surface area contributed by atoms with Crippen LogP contribution in [0.5, 0.6) is 46.0 Å². The first-order valence-electron chi connectivity index (χ1n) is 17.9. The zero-order valence-corrected chi connectivity index (χ0v) is 36.8. The number of methoxy groups -OCH3 is 8. The molecule has 2 heterocycles. The van der Waals surface area contributed by atoms with Crippen molar-refractivity contribution in [3.05, 3.63) is 108 Å². The summed E-state index contributed by atoms with van der Waals surface area (Å²) in [7, 11) is 22.8. The molecule has 4 aromatic carbocycles. The minimum atomic E-state index is -0.106. The van der Waals surface area contributed by atoms with Crippen molar-refractivity contribution in [3.8, 4) is 46.0 Å². The third kappa shape index (κ3) is 13.7. The van der Waals surface area contributed by atoms with Crippen LogP contribution in [-0.4, -0.2) is 103 Å². The number of ether oxygens (including phenoxy) is 8. The van der Waals surface area contributed by atoms with Crippen LogP contribution in [0.25, 0.3) is 0 Å². The molecule has 4 radical (unpaired) electrons. The Labute approximate surface area is 354 Å². The van der Waals surface area contributed by atoms with Crippen molar-refractivity contribution in [2.24, 2.45) is 0 Å². The monoisotopic (exact) mass is 916 g/mol. The van der Waals surface area contributed by atoms with Crippen molar-refractivity contribution >= 4 is 19.1 Å². The Morgan fingerprint density at radius 3 is 0.754 bits per heavy atom. The topological polar surface area (TPSA) is 86.8 Å². The fourth-order valence-electron chi connectivity index (χ4n) is 6.34. The number of hydrogen-bond acceptors (Lipinski definition) is 12. The molecule has 6 rings (SSSR count). The molecule has 2 aliphatic rings. The van der Waals surface area contributed by atoms with Gasteiger partial charge < -0.3 is 37.9 Å². The molecule has 0 amide bonds. The Bertz CT molecular complexity index is 1570. The van der Waals surface area contributed by atoms with Gasteiger partial charge in [-0.05, 0) is 70.8 Å². The van der Waals surface area contributed by atoms with Crippen LogP contribution in [0.4, 0.5) is 0 Å². The first kappa shape index (κ1) is 46.1. The van der Waals surface area contributed by atoms with Gasteiger partial charge in [0.15, 0.2) is 46.0 Å². The molecule has 57 heavy (non-hydrogen) atoms. The van der Waals surface area contributed by atoms with Crippen LogP contribution in [0, 0.1) is 13.3 Å². The average Bonchev–Trinajstić information content (AvgIpc) is 3.89. The molecule has 0 spiro atoms. The van der Waals surface area contributed by atoms with Crippen molar-refractivity contribution < 1.29 is 53.8 Å². The van der Waals surface area contributed by atoms with Crippen LogP contribution in [0.15, 0.2) is 72.8 Å². The van der Waals surface area contributed by atoms with Crippen LogP contribution < -0.4 is 37.9 Å². The number of benzene rings is 4. The van der Waals surface area contributed by atoms with Gasteiger partial charge >= 0.3 is 35.0 Å². The van der Waals surface area contributed by atoms with Gasteiger partial charge in [0.1, 0.15) is 13.3 Å². The molecular formula is C42H52Cl2N4O8Pd. The Morgan fingerprint density at radius 2 is 0.579 bits per heavy atom. The van der Waals surface area contributed by atoms with E-state index in [1.165, 1.54) is 0 Å². The van der Waals surface area contributed by atoms with E-state index >= 15 is 0 Å². The molecular weight excluding hydrogens is 866 g/mol. The van der Waals surface area contributed by atoms with Crippen LogP contribution in [0.1, 0.15) is 22.3 Å². The fourth-order valence-corrected chi connectivity index (χ4v) is 6.34. The molecule has 12 nitrogen and oxygen atoms in total. The van der Waals surface area contributed by atoms with Gasteiger partial charge in [0.05, 0.1) is 56.9 Å². The van der Waals surface area contributed by atoms with Crippen molar-refractivity contribution in [1.82, 2.24) is 19.6 Å². The number of halogens is 2. The van der Waals surface area contributed by atoms with Gasteiger partial charge in [0, 0.05) is 52.4 Å². The van der Waals surface area contributed by atoms with Gasteiger partial charge in [0.2, 0.25) is 0 Å². The van der Waals surface area contributed by atoms with E-state index in [9.17, 15) is 0 Å². The van der Waals surface area contributed by atoms with Gasteiger partial charge in [-0.15, -0.1) is 0 Å². The molecule has 0 atom stereocenters. The van der Waals surface area contributed by atoms with Crippen molar-refractivity contribution in [3.63, 3.8) is 0 Å². The summed E-state index contributed by atoms with van der Waals surface area (Å²) in [5.74, 6) is 5.95. The quantitative estimate of drug-likeness (QED) is 0.105. The third-order valence-corrected chi connectivity index (χ3v) is 9.13. The van der Waals surface area contributed by atoms with Gasteiger partial charge in [0.25, 0.3) is 0 Å². The van der Waals surface area contributed by atoms with Crippen LogP contribution in [0.3, 0.4) is 0 Å². The molecule has 2 fully saturated rings. The summed E-state index contributed by atoms with van der Waals surface area (Å²) < 4.78 is 42.7. The van der Waals surface area contributed by atoms with Crippen LogP contribution in [0.2, 0.25) is 0 Å². The van der Waals surface area contributed by atoms with Crippen LogP contribution >= 0.6 is 19.1 Å². The molecule has 0 saturated carbocycles. The Hall–Kier alpha value is -3.64. The van der Waals surface area contributed by atoms with Gasteiger partial charge in [-0.25, -0.2) is 0 Å². The molecule has 2 saturated heterocycles. The van der Waals surface area contributed by atoms with Gasteiger partial charge in [-0.1, -0.05) is 24.3 Å². The van der Waals surface area contributed by atoms with Crippen LogP contribution in [-0.2, 0) is 42.1 Å². The standard InChI is InChI=1S/2C21H26N2O4.2ClH.Pd/c2*1-24-18-7-5-16(11-20(18)26-3)13-22-9-10-23(15-22)14-17-6-8-19(25-2)21(12-17)27-4;;;/h2*5-8,11-12H,9-10,13-14H2,1-4H3;2*1H;/q;;;;+2/p-2. The molecule has 0 unspecified atom stereocenters. The number of rotatable bonds is 16. The second-order valence-electron chi connectivity index (χ2n) is 12.7. The molecule has 4 aromatic rings. The number of hydrogen-bond donors (Lipinski definition) is 0. The Balaban J connectivity index is 0.000000236. The summed E-state index contributed by atoms with van der Waals surface area (Å²) in [5, 5.41) is 0. The van der Waals surface area contributed by atoms with Crippen molar-refractivity contribution in [2.45, 2.75) is 26.2 Å². The van der Waals surface area contributed by atoms with Gasteiger partial charge in [-0.2, -0.15) is 0 Å². The second kappa shape index (κ2) is 24.3. The third-order valence-electron chi connectivity index (χ3n) is 9.13. The molecule has 0 bridgehead atoms. The van der Waals surface area contributed by atoms with E-state index in [-0.39, 0.29) is 15.9 Å². The van der Waals surface area contributed by atoms with E-state index in [4.69, 9.17) is 57.0 Å². The van der Waals surface area contributed by atoms with E-state index in [1.807, 2.05) is 48.5 Å². The average molecular weight is 918 g/mol. The van der Waals surface area contributed by atoms with Crippen molar-refractivity contribution in [2.75, 3.05) is 83.1 Å². The Morgan fingerprint density at radius 1 is 0.386 bits per heavy atom. The molecule has 312 valence electrons. The maximum atomic E-state index is 5.39. The normalized spacial score (nSPS) is 14.6. The van der Waals surface area contributed by atoms with E-state index in [0.29, 0.717) is 0 Å². The zero-order chi connectivity index (χ0) is 41.2. The number of nitrogens with zero attached hydrogens (tertiary/aromatic N) is 4. The van der Waals surface area contributed by atoms with E-state index < -0.39 is 0 Å².